The van der Waals surface area contributed by atoms with Crippen molar-refractivity contribution in [1.82, 2.24) is 10.3 Å². The minimum Gasteiger partial charge on any atom is -0.311 e. The van der Waals surface area contributed by atoms with Crippen LogP contribution in [0.5, 0.6) is 0 Å². The van der Waals surface area contributed by atoms with Crippen LogP contribution in [0.2, 0.25) is 0 Å². The van der Waals surface area contributed by atoms with E-state index in [9.17, 15) is 12.8 Å². The molecule has 118 valence electrons. The zero-order valence-corrected chi connectivity index (χ0v) is 13.1. The maximum absolute atomic E-state index is 13.7. The van der Waals surface area contributed by atoms with Crippen molar-refractivity contribution in [3.05, 3.63) is 41.8 Å². The van der Waals surface area contributed by atoms with Crippen LogP contribution in [0.1, 0.15) is 24.8 Å². The Morgan fingerprint density at radius 1 is 1.32 bits per heavy atom. The molecule has 3 rings (SSSR count). The van der Waals surface area contributed by atoms with Gasteiger partial charge in [0.25, 0.3) is 0 Å². The van der Waals surface area contributed by atoms with Crippen LogP contribution in [0.25, 0.3) is 10.9 Å². The standard InChI is InChI=1S/C16H19FN2O2S/c17-14-8-12-4-3-6-19-16(12)13(9-14)10-18-11-15-5-1-2-7-22(15,20)21/h3-4,6,8-9,15,18H,1-2,5,7,10-11H2. The number of rotatable bonds is 4. The Labute approximate surface area is 129 Å². The van der Waals surface area contributed by atoms with E-state index in [-0.39, 0.29) is 16.8 Å². The van der Waals surface area contributed by atoms with Crippen LogP contribution in [0.3, 0.4) is 0 Å². The summed E-state index contributed by atoms with van der Waals surface area (Å²) >= 11 is 0. The largest absolute Gasteiger partial charge is 0.311 e. The molecular weight excluding hydrogens is 303 g/mol. The molecule has 6 heteroatoms. The lowest BCUT2D eigenvalue weighted by Gasteiger charge is -2.22. The van der Waals surface area contributed by atoms with Crippen LogP contribution < -0.4 is 5.32 Å². The lowest BCUT2D eigenvalue weighted by Crippen LogP contribution is -2.37. The molecule has 22 heavy (non-hydrogen) atoms. The number of pyridine rings is 1. The molecule has 4 nitrogen and oxygen atoms in total. The average molecular weight is 322 g/mol. The Morgan fingerprint density at radius 3 is 3.00 bits per heavy atom. The minimum absolute atomic E-state index is 0.282. The highest BCUT2D eigenvalue weighted by Gasteiger charge is 2.28. The molecule has 2 heterocycles. The van der Waals surface area contributed by atoms with Gasteiger partial charge in [-0.1, -0.05) is 12.5 Å². The summed E-state index contributed by atoms with van der Waals surface area (Å²) < 4.78 is 37.6. The Morgan fingerprint density at radius 2 is 2.18 bits per heavy atom. The molecule has 0 aliphatic carbocycles. The van der Waals surface area contributed by atoms with E-state index < -0.39 is 9.84 Å². The van der Waals surface area contributed by atoms with Crippen molar-refractivity contribution in [2.24, 2.45) is 0 Å². The maximum Gasteiger partial charge on any atom is 0.154 e. The first-order valence-corrected chi connectivity index (χ1v) is 9.23. The van der Waals surface area contributed by atoms with E-state index in [2.05, 4.69) is 10.3 Å². The SMILES string of the molecule is O=S1(=O)CCCCC1CNCc1cc(F)cc2cccnc12. The molecule has 1 aliphatic heterocycles. The topological polar surface area (TPSA) is 59.1 Å². The van der Waals surface area contributed by atoms with E-state index in [0.717, 1.165) is 29.3 Å². The Kier molecular flexibility index (Phi) is 4.40. The molecule has 1 atom stereocenters. The minimum atomic E-state index is -2.98. The normalized spacial score (nSPS) is 21.0. The van der Waals surface area contributed by atoms with Gasteiger partial charge in [0.1, 0.15) is 5.82 Å². The predicted molar refractivity (Wildman–Crippen MR) is 84.8 cm³/mol. The van der Waals surface area contributed by atoms with E-state index in [1.54, 1.807) is 12.3 Å². The third kappa shape index (κ3) is 3.28. The van der Waals surface area contributed by atoms with E-state index in [1.165, 1.54) is 12.1 Å². The van der Waals surface area contributed by atoms with Gasteiger partial charge in [0.05, 0.1) is 16.5 Å². The van der Waals surface area contributed by atoms with E-state index in [0.29, 0.717) is 19.5 Å². The van der Waals surface area contributed by atoms with Gasteiger partial charge in [0.15, 0.2) is 9.84 Å². The monoisotopic (exact) mass is 322 g/mol. The molecule has 0 amide bonds. The molecule has 1 aliphatic rings. The quantitative estimate of drug-likeness (QED) is 0.939. The highest BCUT2D eigenvalue weighted by atomic mass is 32.2. The van der Waals surface area contributed by atoms with Crippen LogP contribution >= 0.6 is 0 Å². The molecule has 1 aromatic heterocycles. The third-order valence-corrected chi connectivity index (χ3v) is 6.42. The highest BCUT2D eigenvalue weighted by Crippen LogP contribution is 2.20. The maximum atomic E-state index is 13.7. The third-order valence-electron chi connectivity index (χ3n) is 4.15. The number of nitrogens with one attached hydrogen (secondary N) is 1. The molecule has 1 fully saturated rings. The second kappa shape index (κ2) is 6.30. The number of nitrogens with zero attached hydrogens (tertiary/aromatic N) is 1. The lowest BCUT2D eigenvalue weighted by atomic mass is 10.1. The molecular formula is C16H19FN2O2S. The van der Waals surface area contributed by atoms with Gasteiger partial charge in [0.2, 0.25) is 0 Å². The van der Waals surface area contributed by atoms with E-state index in [4.69, 9.17) is 0 Å². The first kappa shape index (κ1) is 15.4. The molecule has 0 radical (unpaired) electrons. The van der Waals surface area contributed by atoms with Crippen LogP contribution in [-0.2, 0) is 16.4 Å². The smallest absolute Gasteiger partial charge is 0.154 e. The number of hydrogen-bond donors (Lipinski definition) is 1. The van der Waals surface area contributed by atoms with Gasteiger partial charge in [0, 0.05) is 24.7 Å². The summed E-state index contributed by atoms with van der Waals surface area (Å²) in [5.41, 5.74) is 1.51. The summed E-state index contributed by atoms with van der Waals surface area (Å²) in [4.78, 5) is 4.29. The van der Waals surface area contributed by atoms with Gasteiger partial charge in [-0.15, -0.1) is 0 Å². The van der Waals surface area contributed by atoms with Gasteiger partial charge >= 0.3 is 0 Å². The van der Waals surface area contributed by atoms with Crippen molar-refractivity contribution in [1.29, 1.82) is 0 Å². The summed E-state index contributed by atoms with van der Waals surface area (Å²) in [6.45, 7) is 0.824. The Hall–Kier alpha value is -1.53. The summed E-state index contributed by atoms with van der Waals surface area (Å²) in [7, 11) is -2.98. The molecule has 1 unspecified atom stereocenters. The Balaban J connectivity index is 1.72. The van der Waals surface area contributed by atoms with Gasteiger partial charge in [-0.2, -0.15) is 0 Å². The summed E-state index contributed by atoms with van der Waals surface area (Å²) in [5.74, 6) is -0.0216. The molecule has 0 saturated carbocycles. The van der Waals surface area contributed by atoms with Crippen LogP contribution in [0.4, 0.5) is 4.39 Å². The number of hydrogen-bond acceptors (Lipinski definition) is 4. The van der Waals surface area contributed by atoms with Crippen LogP contribution in [0, 0.1) is 5.82 Å². The fourth-order valence-corrected chi connectivity index (χ4v) is 4.82. The summed E-state index contributed by atoms with van der Waals surface area (Å²) in [6.07, 6.45) is 4.10. The predicted octanol–water partition coefficient (Wildman–Crippen LogP) is 2.43. The van der Waals surface area contributed by atoms with Gasteiger partial charge in [-0.3, -0.25) is 4.98 Å². The van der Waals surface area contributed by atoms with Gasteiger partial charge in [-0.25, -0.2) is 12.8 Å². The lowest BCUT2D eigenvalue weighted by molar-refractivity contribution is 0.520. The number of halogens is 1. The van der Waals surface area contributed by atoms with Gasteiger partial charge in [-0.05, 0) is 36.6 Å². The molecule has 2 aromatic rings. The molecule has 1 saturated heterocycles. The molecule has 1 N–H and O–H groups in total. The fourth-order valence-electron chi connectivity index (χ4n) is 2.98. The number of sulfone groups is 1. The van der Waals surface area contributed by atoms with Crippen molar-refractivity contribution < 1.29 is 12.8 Å². The second-order valence-corrected chi connectivity index (χ2v) is 8.16. The number of aromatic nitrogens is 1. The van der Waals surface area contributed by atoms with Crippen molar-refractivity contribution in [2.75, 3.05) is 12.3 Å². The van der Waals surface area contributed by atoms with E-state index in [1.807, 2.05) is 6.07 Å². The summed E-state index contributed by atoms with van der Waals surface area (Å²) in [6, 6.07) is 6.50. The second-order valence-electron chi connectivity index (χ2n) is 5.76. The van der Waals surface area contributed by atoms with Crippen molar-refractivity contribution in [3.8, 4) is 0 Å². The van der Waals surface area contributed by atoms with Crippen molar-refractivity contribution >= 4 is 20.7 Å². The van der Waals surface area contributed by atoms with Crippen molar-refractivity contribution in [2.45, 2.75) is 31.1 Å². The highest BCUT2D eigenvalue weighted by molar-refractivity contribution is 7.92. The zero-order chi connectivity index (χ0) is 15.6. The first-order chi connectivity index (χ1) is 10.6. The number of fused-ring (bicyclic) bond motifs is 1. The molecule has 0 spiro atoms. The summed E-state index contributed by atoms with van der Waals surface area (Å²) in [5, 5.41) is 3.59. The molecule has 1 aromatic carbocycles. The zero-order valence-electron chi connectivity index (χ0n) is 12.3. The van der Waals surface area contributed by atoms with E-state index >= 15 is 0 Å². The first-order valence-electron chi connectivity index (χ1n) is 7.52. The average Bonchev–Trinajstić information content (AvgIpc) is 2.48. The van der Waals surface area contributed by atoms with Gasteiger partial charge < -0.3 is 5.32 Å². The molecule has 0 bridgehead atoms. The van der Waals surface area contributed by atoms with Crippen LogP contribution in [0.15, 0.2) is 30.5 Å². The number of benzene rings is 1. The van der Waals surface area contributed by atoms with Crippen molar-refractivity contribution in [3.63, 3.8) is 0 Å². The van der Waals surface area contributed by atoms with Crippen LogP contribution in [-0.4, -0.2) is 30.9 Å². The Bertz CT molecular complexity index is 777. The fraction of sp³-hybridized carbons (Fsp3) is 0.438.